The number of ether oxygens (including phenoxy) is 1. The van der Waals surface area contributed by atoms with Crippen LogP contribution in [-0.4, -0.2) is 0 Å². The molecule has 0 N–H and O–H groups in total. The van der Waals surface area contributed by atoms with E-state index in [0.717, 1.165) is 44.4 Å². The molecule has 59 heavy (non-hydrogen) atoms. The molecule has 2 nitrogen and oxygen atoms in total. The first-order valence-electron chi connectivity index (χ1n) is 20.3. The van der Waals surface area contributed by atoms with Crippen molar-refractivity contribution in [2.75, 3.05) is 0 Å². The van der Waals surface area contributed by atoms with Crippen LogP contribution in [-0.2, 0) is 5.41 Å². The van der Waals surface area contributed by atoms with E-state index >= 15 is 0 Å². The second kappa shape index (κ2) is 12.2. The van der Waals surface area contributed by atoms with Gasteiger partial charge in [-0.2, -0.15) is 0 Å². The van der Waals surface area contributed by atoms with Crippen molar-refractivity contribution < 1.29 is 9.15 Å². The summed E-state index contributed by atoms with van der Waals surface area (Å²) < 4.78 is 12.8. The molecule has 0 spiro atoms. The fourth-order valence-corrected chi connectivity index (χ4v) is 10.4. The van der Waals surface area contributed by atoms with Crippen LogP contribution in [0.15, 0.2) is 211 Å². The minimum Gasteiger partial charge on any atom is -0.456 e. The molecular weight excluding hydrogens is 717 g/mol. The SMILES string of the molecule is c1ccc(C2(c3ccccc3)c3cc(-c4ccc5c6c(cccc46)-c4ccccc4O5)ccc3-c3cc4cccc(-c5ccc6oc7ccccc7c6c5)c4cc32)cc1. The van der Waals surface area contributed by atoms with Gasteiger partial charge in [0.05, 0.1) is 5.41 Å². The highest BCUT2D eigenvalue weighted by atomic mass is 16.5. The molecule has 13 rings (SSSR count). The van der Waals surface area contributed by atoms with Crippen LogP contribution in [0.25, 0.3) is 88.0 Å². The van der Waals surface area contributed by atoms with Gasteiger partial charge < -0.3 is 9.15 Å². The molecule has 0 saturated carbocycles. The van der Waals surface area contributed by atoms with E-state index in [2.05, 4.69) is 188 Å². The Morgan fingerprint density at radius 3 is 1.81 bits per heavy atom. The molecule has 2 heteroatoms. The average molecular weight is 751 g/mol. The highest BCUT2D eigenvalue weighted by Crippen LogP contribution is 2.58. The molecule has 274 valence electrons. The third kappa shape index (κ3) is 4.51. The summed E-state index contributed by atoms with van der Waals surface area (Å²) in [4.78, 5) is 0. The van der Waals surface area contributed by atoms with Gasteiger partial charge in [-0.3, -0.25) is 0 Å². The van der Waals surface area contributed by atoms with E-state index in [4.69, 9.17) is 9.15 Å². The number of hydrogen-bond acceptors (Lipinski definition) is 2. The van der Waals surface area contributed by atoms with Crippen molar-refractivity contribution in [3.05, 3.63) is 229 Å². The number of furan rings is 1. The minimum atomic E-state index is -0.580. The van der Waals surface area contributed by atoms with Gasteiger partial charge in [0.15, 0.2) is 0 Å². The predicted molar refractivity (Wildman–Crippen MR) is 242 cm³/mol. The quantitative estimate of drug-likeness (QED) is 0.179. The minimum absolute atomic E-state index is 0.580. The molecule has 10 aromatic carbocycles. The monoisotopic (exact) mass is 750 g/mol. The topological polar surface area (TPSA) is 22.4 Å². The normalized spacial score (nSPS) is 13.4. The predicted octanol–water partition coefficient (Wildman–Crippen LogP) is 15.4. The lowest BCUT2D eigenvalue weighted by molar-refractivity contribution is 0.487. The second-order valence-electron chi connectivity index (χ2n) is 15.9. The highest BCUT2D eigenvalue weighted by Gasteiger charge is 2.46. The Bertz CT molecular complexity index is 3480. The Balaban J connectivity index is 1.08. The lowest BCUT2D eigenvalue weighted by atomic mass is 9.67. The Kier molecular flexibility index (Phi) is 6.68. The van der Waals surface area contributed by atoms with E-state index in [1.807, 2.05) is 18.2 Å². The van der Waals surface area contributed by atoms with Crippen molar-refractivity contribution in [1.82, 2.24) is 0 Å². The zero-order valence-electron chi connectivity index (χ0n) is 31.9. The molecular formula is C57H34O2. The van der Waals surface area contributed by atoms with Crippen LogP contribution in [0.3, 0.4) is 0 Å². The maximum absolute atomic E-state index is 6.52. The van der Waals surface area contributed by atoms with E-state index in [9.17, 15) is 0 Å². The molecule has 0 radical (unpaired) electrons. The third-order valence-electron chi connectivity index (χ3n) is 12.9. The van der Waals surface area contributed by atoms with Crippen molar-refractivity contribution >= 4 is 43.5 Å². The van der Waals surface area contributed by atoms with Gasteiger partial charge in [-0.15, -0.1) is 0 Å². The molecule has 2 aliphatic rings. The van der Waals surface area contributed by atoms with Crippen LogP contribution in [0.1, 0.15) is 22.3 Å². The van der Waals surface area contributed by atoms with Crippen LogP contribution < -0.4 is 4.74 Å². The maximum atomic E-state index is 6.52. The van der Waals surface area contributed by atoms with Gasteiger partial charge in [0, 0.05) is 21.7 Å². The zero-order valence-corrected chi connectivity index (χ0v) is 31.9. The lowest BCUT2D eigenvalue weighted by Gasteiger charge is -2.34. The number of para-hydroxylation sites is 2. The lowest BCUT2D eigenvalue weighted by Crippen LogP contribution is -2.28. The standard InChI is InChI=1S/C57H34O2/c1-3-14-38(15-4-1)57(39-16-5-2-6-17-39)50-33-37(41-28-30-55-56-45(41)21-12-22-46(56)43-18-7-9-23-52(43)59-55)25-27-42(50)48-31-35-13-11-20-40(47(35)34-51(48)57)36-26-29-54-49(32-36)44-19-8-10-24-53(44)58-54/h1-34H. The first-order chi connectivity index (χ1) is 29.2. The van der Waals surface area contributed by atoms with E-state index in [-0.39, 0.29) is 0 Å². The fraction of sp³-hybridized carbons (Fsp3) is 0.0175. The van der Waals surface area contributed by atoms with Crippen LogP contribution in [0.5, 0.6) is 11.5 Å². The van der Waals surface area contributed by atoms with Crippen molar-refractivity contribution in [1.29, 1.82) is 0 Å². The number of benzene rings is 10. The smallest absolute Gasteiger partial charge is 0.135 e. The largest absolute Gasteiger partial charge is 0.456 e. The second-order valence-corrected chi connectivity index (χ2v) is 15.9. The summed E-state index contributed by atoms with van der Waals surface area (Å²) in [6.45, 7) is 0. The van der Waals surface area contributed by atoms with Gasteiger partial charge in [-0.25, -0.2) is 0 Å². The molecule has 0 unspecified atom stereocenters. The van der Waals surface area contributed by atoms with Gasteiger partial charge in [0.1, 0.15) is 22.7 Å². The third-order valence-corrected chi connectivity index (χ3v) is 12.9. The molecule has 1 aliphatic heterocycles. The summed E-state index contributed by atoms with van der Waals surface area (Å²) in [5.41, 5.74) is 15.9. The number of fused-ring (bicyclic) bond motifs is 9. The van der Waals surface area contributed by atoms with Crippen LogP contribution in [0.2, 0.25) is 0 Å². The summed E-state index contributed by atoms with van der Waals surface area (Å²) >= 11 is 0. The highest BCUT2D eigenvalue weighted by molar-refractivity contribution is 6.11. The van der Waals surface area contributed by atoms with Crippen molar-refractivity contribution in [3.63, 3.8) is 0 Å². The van der Waals surface area contributed by atoms with E-state index < -0.39 is 5.41 Å². The molecule has 0 saturated heterocycles. The molecule has 0 amide bonds. The van der Waals surface area contributed by atoms with E-state index in [1.165, 1.54) is 77.4 Å². The Hall–Kier alpha value is -7.68. The van der Waals surface area contributed by atoms with Gasteiger partial charge in [0.25, 0.3) is 0 Å². The number of rotatable bonds is 4. The zero-order chi connectivity index (χ0) is 38.7. The Labute approximate surface area is 341 Å². The molecule has 2 heterocycles. The van der Waals surface area contributed by atoms with Gasteiger partial charge in [-0.05, 0) is 126 Å². The summed E-state index contributed by atoms with van der Waals surface area (Å²) in [6, 6.07) is 75.4. The fourth-order valence-electron chi connectivity index (χ4n) is 10.4. The van der Waals surface area contributed by atoms with Gasteiger partial charge >= 0.3 is 0 Å². The summed E-state index contributed by atoms with van der Waals surface area (Å²) in [7, 11) is 0. The van der Waals surface area contributed by atoms with Crippen LogP contribution in [0, 0.1) is 0 Å². The van der Waals surface area contributed by atoms with Gasteiger partial charge in [0.2, 0.25) is 0 Å². The van der Waals surface area contributed by atoms with Crippen molar-refractivity contribution in [3.8, 4) is 56.0 Å². The molecule has 1 aromatic heterocycles. The van der Waals surface area contributed by atoms with Crippen molar-refractivity contribution in [2.45, 2.75) is 5.41 Å². The van der Waals surface area contributed by atoms with Gasteiger partial charge in [-0.1, -0.05) is 158 Å². The maximum Gasteiger partial charge on any atom is 0.135 e. The Morgan fingerprint density at radius 1 is 0.322 bits per heavy atom. The first-order valence-corrected chi connectivity index (χ1v) is 20.3. The molecule has 0 bridgehead atoms. The van der Waals surface area contributed by atoms with E-state index in [1.54, 1.807) is 0 Å². The summed E-state index contributed by atoms with van der Waals surface area (Å²) in [5, 5.41) is 7.06. The number of hydrogen-bond donors (Lipinski definition) is 0. The van der Waals surface area contributed by atoms with Crippen LogP contribution in [0.4, 0.5) is 0 Å². The average Bonchev–Trinajstić information content (AvgIpc) is 3.81. The first kappa shape index (κ1) is 32.4. The van der Waals surface area contributed by atoms with E-state index in [0.29, 0.717) is 0 Å². The molecule has 0 fully saturated rings. The molecule has 11 aromatic rings. The van der Waals surface area contributed by atoms with Crippen LogP contribution >= 0.6 is 0 Å². The summed E-state index contributed by atoms with van der Waals surface area (Å²) in [5.74, 6) is 1.80. The van der Waals surface area contributed by atoms with Crippen molar-refractivity contribution in [2.24, 2.45) is 0 Å². The summed E-state index contributed by atoms with van der Waals surface area (Å²) in [6.07, 6.45) is 0. The molecule has 1 aliphatic carbocycles. The Morgan fingerprint density at radius 2 is 0.949 bits per heavy atom. The molecule has 0 atom stereocenters.